The third-order valence-corrected chi connectivity index (χ3v) is 4.11. The van der Waals surface area contributed by atoms with Crippen molar-refractivity contribution in [2.75, 3.05) is 5.32 Å². The van der Waals surface area contributed by atoms with Gasteiger partial charge >= 0.3 is 0 Å². The van der Waals surface area contributed by atoms with Gasteiger partial charge in [0.25, 0.3) is 0 Å². The van der Waals surface area contributed by atoms with Gasteiger partial charge in [0.05, 0.1) is 5.02 Å². The molecule has 0 heterocycles. The van der Waals surface area contributed by atoms with Crippen LogP contribution in [0.1, 0.15) is 11.1 Å². The quantitative estimate of drug-likeness (QED) is 0.543. The van der Waals surface area contributed by atoms with Crippen molar-refractivity contribution in [2.24, 2.45) is 0 Å². The van der Waals surface area contributed by atoms with Crippen molar-refractivity contribution in [2.45, 2.75) is 13.2 Å². The van der Waals surface area contributed by atoms with Crippen molar-refractivity contribution in [3.63, 3.8) is 0 Å². The second-order valence-electron chi connectivity index (χ2n) is 5.51. The number of rotatable bonds is 6. The highest BCUT2D eigenvalue weighted by Gasteiger charge is 2.11. The van der Waals surface area contributed by atoms with Crippen LogP contribution < -0.4 is 10.1 Å². The number of nitrogens with one attached hydrogen (secondary N) is 1. The van der Waals surface area contributed by atoms with Crippen molar-refractivity contribution >= 4 is 28.9 Å². The zero-order chi connectivity index (χ0) is 17.6. The molecule has 0 radical (unpaired) electrons. The zero-order valence-corrected chi connectivity index (χ0v) is 14.8. The molecule has 0 aliphatic heterocycles. The minimum Gasteiger partial charge on any atom is -0.487 e. The maximum Gasteiger partial charge on any atom is 0.143 e. The number of halogens is 3. The Labute approximate surface area is 156 Å². The fourth-order valence-corrected chi connectivity index (χ4v) is 3.03. The summed E-state index contributed by atoms with van der Waals surface area (Å²) >= 11 is 12.4. The topological polar surface area (TPSA) is 21.3 Å². The van der Waals surface area contributed by atoms with Crippen LogP contribution in [0.3, 0.4) is 0 Å². The summed E-state index contributed by atoms with van der Waals surface area (Å²) in [6, 6.07) is 19.5. The summed E-state index contributed by atoms with van der Waals surface area (Å²) < 4.78 is 19.2. The molecule has 0 fully saturated rings. The molecule has 0 amide bonds. The molecule has 0 saturated carbocycles. The van der Waals surface area contributed by atoms with Crippen molar-refractivity contribution in [3.05, 3.63) is 93.7 Å². The first-order valence-electron chi connectivity index (χ1n) is 7.76. The van der Waals surface area contributed by atoms with Crippen LogP contribution in [0.15, 0.2) is 66.7 Å². The molecule has 0 aliphatic rings. The number of para-hydroxylation sites is 1. The zero-order valence-electron chi connectivity index (χ0n) is 13.3. The van der Waals surface area contributed by atoms with Gasteiger partial charge in [-0.1, -0.05) is 53.5 Å². The molecule has 2 nitrogen and oxygen atoms in total. The molecule has 3 aromatic rings. The average molecular weight is 376 g/mol. The Morgan fingerprint density at radius 3 is 2.48 bits per heavy atom. The minimum atomic E-state index is -0.297. The van der Waals surface area contributed by atoms with E-state index in [1.54, 1.807) is 18.2 Å². The van der Waals surface area contributed by atoms with Crippen molar-refractivity contribution < 1.29 is 9.13 Å². The SMILES string of the molecule is Fc1cccc(COc2c(Cl)cc(Cl)cc2CNc2ccccc2)c1. The van der Waals surface area contributed by atoms with Crippen LogP contribution in [0.5, 0.6) is 5.75 Å². The molecule has 0 spiro atoms. The van der Waals surface area contributed by atoms with E-state index in [4.69, 9.17) is 27.9 Å². The van der Waals surface area contributed by atoms with Crippen LogP contribution in [0, 0.1) is 5.82 Å². The van der Waals surface area contributed by atoms with Gasteiger partial charge in [-0.05, 0) is 42.0 Å². The number of benzene rings is 3. The van der Waals surface area contributed by atoms with Crippen LogP contribution in [0.4, 0.5) is 10.1 Å². The molecule has 3 rings (SSSR count). The van der Waals surface area contributed by atoms with E-state index in [1.807, 2.05) is 36.4 Å². The van der Waals surface area contributed by atoms with Gasteiger partial charge in [0.15, 0.2) is 0 Å². The summed E-state index contributed by atoms with van der Waals surface area (Å²) in [7, 11) is 0. The molecule has 5 heteroatoms. The molecular formula is C20H16Cl2FNO. The summed E-state index contributed by atoms with van der Waals surface area (Å²) in [5, 5.41) is 4.27. The Balaban J connectivity index is 1.77. The molecule has 0 bridgehead atoms. The Morgan fingerprint density at radius 2 is 1.72 bits per heavy atom. The molecule has 0 aromatic heterocycles. The van der Waals surface area contributed by atoms with Gasteiger partial charge in [-0.3, -0.25) is 0 Å². The number of hydrogen-bond donors (Lipinski definition) is 1. The summed E-state index contributed by atoms with van der Waals surface area (Å²) in [6.07, 6.45) is 0. The molecule has 0 saturated heterocycles. The maximum atomic E-state index is 13.3. The normalized spacial score (nSPS) is 10.5. The summed E-state index contributed by atoms with van der Waals surface area (Å²) in [6.45, 7) is 0.722. The fraction of sp³-hybridized carbons (Fsp3) is 0.100. The lowest BCUT2D eigenvalue weighted by Gasteiger charge is -2.15. The first-order chi connectivity index (χ1) is 12.1. The summed E-state index contributed by atoms with van der Waals surface area (Å²) in [5.41, 5.74) is 2.54. The molecule has 128 valence electrons. The highest BCUT2D eigenvalue weighted by molar-refractivity contribution is 6.35. The van der Waals surface area contributed by atoms with E-state index in [1.165, 1.54) is 12.1 Å². The van der Waals surface area contributed by atoms with Crippen LogP contribution in [0.2, 0.25) is 10.0 Å². The highest BCUT2D eigenvalue weighted by atomic mass is 35.5. The predicted molar refractivity (Wildman–Crippen MR) is 101 cm³/mol. The number of hydrogen-bond acceptors (Lipinski definition) is 2. The minimum absolute atomic E-state index is 0.220. The largest absolute Gasteiger partial charge is 0.487 e. The molecule has 0 atom stereocenters. The van der Waals surface area contributed by atoms with E-state index in [0.29, 0.717) is 22.3 Å². The molecular weight excluding hydrogens is 360 g/mol. The van der Waals surface area contributed by atoms with Crippen LogP contribution in [0.25, 0.3) is 0 Å². The third kappa shape index (κ3) is 4.88. The summed E-state index contributed by atoms with van der Waals surface area (Å²) in [5.74, 6) is 0.244. The lowest BCUT2D eigenvalue weighted by molar-refractivity contribution is 0.303. The van der Waals surface area contributed by atoms with Crippen molar-refractivity contribution in [1.29, 1.82) is 0 Å². The van der Waals surface area contributed by atoms with Crippen molar-refractivity contribution in [3.8, 4) is 5.75 Å². The van der Waals surface area contributed by atoms with E-state index in [9.17, 15) is 4.39 Å². The van der Waals surface area contributed by atoms with Gasteiger partial charge in [0, 0.05) is 22.8 Å². The van der Waals surface area contributed by atoms with Crippen LogP contribution in [-0.4, -0.2) is 0 Å². The van der Waals surface area contributed by atoms with E-state index in [0.717, 1.165) is 16.8 Å². The standard InChI is InChI=1S/C20H16Cl2FNO/c21-16-10-15(12-24-18-7-2-1-3-8-18)20(19(22)11-16)25-13-14-5-4-6-17(23)9-14/h1-11,24H,12-13H2. The average Bonchev–Trinajstić information content (AvgIpc) is 2.60. The monoisotopic (exact) mass is 375 g/mol. The first kappa shape index (κ1) is 17.6. The summed E-state index contributed by atoms with van der Waals surface area (Å²) in [4.78, 5) is 0. The Bertz CT molecular complexity index is 856. The smallest absolute Gasteiger partial charge is 0.143 e. The second kappa shape index (κ2) is 8.24. The molecule has 0 aliphatic carbocycles. The molecule has 3 aromatic carbocycles. The van der Waals surface area contributed by atoms with E-state index < -0.39 is 0 Å². The maximum absolute atomic E-state index is 13.3. The lowest BCUT2D eigenvalue weighted by Crippen LogP contribution is -2.04. The highest BCUT2D eigenvalue weighted by Crippen LogP contribution is 2.33. The van der Waals surface area contributed by atoms with Gasteiger partial charge in [0.2, 0.25) is 0 Å². The Morgan fingerprint density at radius 1 is 0.920 bits per heavy atom. The van der Waals surface area contributed by atoms with Crippen molar-refractivity contribution in [1.82, 2.24) is 0 Å². The second-order valence-corrected chi connectivity index (χ2v) is 6.36. The van der Waals surface area contributed by atoms with Crippen LogP contribution >= 0.6 is 23.2 Å². The number of anilines is 1. The van der Waals surface area contributed by atoms with Gasteiger partial charge < -0.3 is 10.1 Å². The Hall–Kier alpha value is -2.23. The lowest BCUT2D eigenvalue weighted by atomic mass is 10.2. The first-order valence-corrected chi connectivity index (χ1v) is 8.51. The Kier molecular flexibility index (Phi) is 5.79. The van der Waals surface area contributed by atoms with E-state index >= 15 is 0 Å². The van der Waals surface area contributed by atoms with E-state index in [-0.39, 0.29) is 12.4 Å². The molecule has 25 heavy (non-hydrogen) atoms. The number of ether oxygens (including phenoxy) is 1. The van der Waals surface area contributed by atoms with Gasteiger partial charge in [-0.15, -0.1) is 0 Å². The van der Waals surface area contributed by atoms with E-state index in [2.05, 4.69) is 5.32 Å². The molecule has 1 N–H and O–H groups in total. The predicted octanol–water partition coefficient (Wildman–Crippen LogP) is 6.32. The third-order valence-electron chi connectivity index (χ3n) is 3.61. The fourth-order valence-electron chi connectivity index (χ4n) is 2.44. The van der Waals surface area contributed by atoms with Gasteiger partial charge in [-0.2, -0.15) is 0 Å². The van der Waals surface area contributed by atoms with Crippen LogP contribution in [-0.2, 0) is 13.2 Å². The van der Waals surface area contributed by atoms with Gasteiger partial charge in [-0.25, -0.2) is 4.39 Å². The molecule has 0 unspecified atom stereocenters. The van der Waals surface area contributed by atoms with Gasteiger partial charge in [0.1, 0.15) is 18.2 Å².